The molecule has 1 atom stereocenters. The zero-order valence-corrected chi connectivity index (χ0v) is 14.1. The number of hydrogen-bond donors (Lipinski definition) is 2. The molecule has 118 valence electrons. The zero-order chi connectivity index (χ0) is 16.4. The summed E-state index contributed by atoms with van der Waals surface area (Å²) in [7, 11) is 0. The number of amides is 1. The standard InChI is InChI=1S/C17H18N4OS/c1-10-6-4-7-11(2)14(10)20-16(22)12(3)23-17-19-13-8-5-9-18-15(13)21-17/h4-9,12H,1-3H3,(H,20,22)(H,18,19,21)/t12-/m1/s1. The van der Waals surface area contributed by atoms with Crippen molar-refractivity contribution >= 4 is 34.5 Å². The lowest BCUT2D eigenvalue weighted by atomic mass is 10.1. The number of aromatic amines is 1. The average molecular weight is 326 g/mol. The van der Waals surface area contributed by atoms with Crippen LogP contribution in [-0.2, 0) is 4.79 Å². The number of rotatable bonds is 4. The number of nitrogens with one attached hydrogen (secondary N) is 2. The molecule has 0 saturated heterocycles. The molecule has 0 unspecified atom stereocenters. The minimum absolute atomic E-state index is 0.0409. The molecule has 0 radical (unpaired) electrons. The Bertz CT molecular complexity index is 805. The van der Waals surface area contributed by atoms with E-state index < -0.39 is 0 Å². The van der Waals surface area contributed by atoms with Gasteiger partial charge in [-0.15, -0.1) is 0 Å². The van der Waals surface area contributed by atoms with Crippen LogP contribution in [0.2, 0.25) is 0 Å². The summed E-state index contributed by atoms with van der Waals surface area (Å²) in [4.78, 5) is 24.2. The number of anilines is 1. The van der Waals surface area contributed by atoms with Gasteiger partial charge in [-0.05, 0) is 44.0 Å². The van der Waals surface area contributed by atoms with Crippen molar-refractivity contribution in [2.45, 2.75) is 31.2 Å². The van der Waals surface area contributed by atoms with Gasteiger partial charge in [-0.2, -0.15) is 0 Å². The number of thioether (sulfide) groups is 1. The van der Waals surface area contributed by atoms with Crippen molar-refractivity contribution in [3.05, 3.63) is 47.7 Å². The quantitative estimate of drug-likeness (QED) is 0.717. The Labute approximate surface area is 138 Å². The van der Waals surface area contributed by atoms with Crippen LogP contribution in [0.4, 0.5) is 5.69 Å². The Morgan fingerprint density at radius 2 is 1.96 bits per heavy atom. The first-order valence-corrected chi connectivity index (χ1v) is 8.27. The summed E-state index contributed by atoms with van der Waals surface area (Å²) in [6.07, 6.45) is 1.70. The van der Waals surface area contributed by atoms with Crippen LogP contribution in [0.25, 0.3) is 11.2 Å². The number of carbonyl (C=O) groups excluding carboxylic acids is 1. The van der Waals surface area contributed by atoms with Crippen LogP contribution in [0.15, 0.2) is 41.7 Å². The number of fused-ring (bicyclic) bond motifs is 1. The smallest absolute Gasteiger partial charge is 0.237 e. The Morgan fingerprint density at radius 3 is 2.65 bits per heavy atom. The highest BCUT2D eigenvalue weighted by molar-refractivity contribution is 8.00. The van der Waals surface area contributed by atoms with Gasteiger partial charge in [-0.1, -0.05) is 30.0 Å². The van der Waals surface area contributed by atoms with E-state index in [0.29, 0.717) is 10.8 Å². The minimum Gasteiger partial charge on any atom is -0.332 e. The topological polar surface area (TPSA) is 70.7 Å². The SMILES string of the molecule is Cc1cccc(C)c1NC(=O)[C@@H](C)Sc1nc2ncccc2[nH]1. The molecule has 0 spiro atoms. The average Bonchev–Trinajstić information content (AvgIpc) is 2.93. The first-order valence-electron chi connectivity index (χ1n) is 7.39. The van der Waals surface area contributed by atoms with E-state index in [9.17, 15) is 4.79 Å². The molecule has 6 heteroatoms. The predicted octanol–water partition coefficient (Wildman–Crippen LogP) is 3.69. The third-order valence-electron chi connectivity index (χ3n) is 3.62. The van der Waals surface area contributed by atoms with Gasteiger partial charge < -0.3 is 10.3 Å². The van der Waals surface area contributed by atoms with Crippen molar-refractivity contribution in [1.29, 1.82) is 0 Å². The van der Waals surface area contributed by atoms with Crippen LogP contribution < -0.4 is 5.32 Å². The van der Waals surface area contributed by atoms with Crippen molar-refractivity contribution in [2.75, 3.05) is 5.32 Å². The molecule has 0 aliphatic carbocycles. The maximum Gasteiger partial charge on any atom is 0.237 e. The number of nitrogens with zero attached hydrogens (tertiary/aromatic N) is 2. The van der Waals surface area contributed by atoms with Crippen molar-refractivity contribution in [3.8, 4) is 0 Å². The summed E-state index contributed by atoms with van der Waals surface area (Å²) in [5.41, 5.74) is 4.54. The highest BCUT2D eigenvalue weighted by Gasteiger charge is 2.18. The summed E-state index contributed by atoms with van der Waals surface area (Å²) >= 11 is 1.39. The highest BCUT2D eigenvalue weighted by atomic mass is 32.2. The fraction of sp³-hybridized carbons (Fsp3) is 0.235. The van der Waals surface area contributed by atoms with E-state index in [-0.39, 0.29) is 11.2 Å². The van der Waals surface area contributed by atoms with Crippen molar-refractivity contribution in [3.63, 3.8) is 0 Å². The van der Waals surface area contributed by atoms with E-state index in [4.69, 9.17) is 0 Å². The third kappa shape index (κ3) is 3.37. The number of imidazole rings is 1. The number of benzene rings is 1. The summed E-state index contributed by atoms with van der Waals surface area (Å²) < 4.78 is 0. The van der Waals surface area contributed by atoms with E-state index in [1.54, 1.807) is 6.20 Å². The van der Waals surface area contributed by atoms with Gasteiger partial charge in [-0.25, -0.2) is 9.97 Å². The van der Waals surface area contributed by atoms with Crippen LogP contribution in [0.3, 0.4) is 0 Å². The summed E-state index contributed by atoms with van der Waals surface area (Å²) in [6, 6.07) is 9.74. The molecule has 0 saturated carbocycles. The first kappa shape index (κ1) is 15.6. The van der Waals surface area contributed by atoms with Gasteiger partial charge in [0.05, 0.1) is 10.8 Å². The normalized spacial score (nSPS) is 12.3. The Kier molecular flexibility index (Phi) is 4.34. The molecule has 0 fully saturated rings. The summed E-state index contributed by atoms with van der Waals surface area (Å²) in [5, 5.41) is 3.44. The molecule has 0 aliphatic rings. The van der Waals surface area contributed by atoms with Crippen LogP contribution in [0.5, 0.6) is 0 Å². The molecule has 0 aliphatic heterocycles. The maximum atomic E-state index is 12.4. The van der Waals surface area contributed by atoms with Gasteiger partial charge in [-0.3, -0.25) is 4.79 Å². The number of para-hydroxylation sites is 1. The Hall–Kier alpha value is -2.34. The molecule has 2 N–H and O–H groups in total. The first-order chi connectivity index (χ1) is 11.0. The lowest BCUT2D eigenvalue weighted by Gasteiger charge is -2.14. The van der Waals surface area contributed by atoms with Gasteiger partial charge >= 0.3 is 0 Å². The molecule has 1 aromatic carbocycles. The molecule has 2 aromatic heterocycles. The Morgan fingerprint density at radius 1 is 1.22 bits per heavy atom. The number of H-pyrrole nitrogens is 1. The number of aromatic nitrogens is 3. The predicted molar refractivity (Wildman–Crippen MR) is 93.8 cm³/mol. The van der Waals surface area contributed by atoms with Crippen LogP contribution in [0.1, 0.15) is 18.1 Å². The van der Waals surface area contributed by atoms with E-state index >= 15 is 0 Å². The summed E-state index contributed by atoms with van der Waals surface area (Å²) in [6.45, 7) is 5.85. The van der Waals surface area contributed by atoms with E-state index in [0.717, 1.165) is 22.3 Å². The number of hydrogen-bond acceptors (Lipinski definition) is 4. The summed E-state index contributed by atoms with van der Waals surface area (Å²) in [5.74, 6) is -0.0409. The third-order valence-corrected chi connectivity index (χ3v) is 4.61. The largest absolute Gasteiger partial charge is 0.332 e. The molecular formula is C17H18N4OS. The van der Waals surface area contributed by atoms with Gasteiger partial charge in [0.1, 0.15) is 0 Å². The lowest BCUT2D eigenvalue weighted by molar-refractivity contribution is -0.115. The van der Waals surface area contributed by atoms with Crippen molar-refractivity contribution in [1.82, 2.24) is 15.0 Å². The van der Waals surface area contributed by atoms with Crippen LogP contribution >= 0.6 is 11.8 Å². The maximum absolute atomic E-state index is 12.4. The number of carbonyl (C=O) groups is 1. The lowest BCUT2D eigenvalue weighted by Crippen LogP contribution is -2.23. The van der Waals surface area contributed by atoms with E-state index in [2.05, 4.69) is 20.3 Å². The number of pyridine rings is 1. The zero-order valence-electron chi connectivity index (χ0n) is 13.3. The minimum atomic E-state index is -0.269. The van der Waals surface area contributed by atoms with Crippen molar-refractivity contribution < 1.29 is 4.79 Å². The molecule has 1 amide bonds. The van der Waals surface area contributed by atoms with Gasteiger partial charge in [0, 0.05) is 11.9 Å². The second-order valence-corrected chi connectivity index (χ2v) is 6.76. The molecular weight excluding hydrogens is 308 g/mol. The molecule has 23 heavy (non-hydrogen) atoms. The van der Waals surface area contributed by atoms with Gasteiger partial charge in [0.15, 0.2) is 10.8 Å². The van der Waals surface area contributed by atoms with E-state index in [1.165, 1.54) is 11.8 Å². The van der Waals surface area contributed by atoms with Crippen LogP contribution in [-0.4, -0.2) is 26.1 Å². The fourth-order valence-corrected chi connectivity index (χ4v) is 3.15. The Balaban J connectivity index is 1.72. The molecule has 3 aromatic rings. The van der Waals surface area contributed by atoms with E-state index in [1.807, 2.05) is 51.1 Å². The molecule has 2 heterocycles. The second kappa shape index (κ2) is 6.42. The van der Waals surface area contributed by atoms with Gasteiger partial charge in [0.2, 0.25) is 5.91 Å². The van der Waals surface area contributed by atoms with Crippen LogP contribution in [0, 0.1) is 13.8 Å². The second-order valence-electron chi connectivity index (χ2n) is 5.43. The van der Waals surface area contributed by atoms with Gasteiger partial charge in [0.25, 0.3) is 0 Å². The number of aryl methyl sites for hydroxylation is 2. The highest BCUT2D eigenvalue weighted by Crippen LogP contribution is 2.25. The molecule has 0 bridgehead atoms. The monoisotopic (exact) mass is 326 g/mol. The molecule has 5 nitrogen and oxygen atoms in total. The molecule has 3 rings (SSSR count). The fourth-order valence-electron chi connectivity index (χ4n) is 2.34. The van der Waals surface area contributed by atoms with Crippen molar-refractivity contribution in [2.24, 2.45) is 0 Å².